The van der Waals surface area contributed by atoms with Crippen LogP contribution < -0.4 is 19.1 Å². The van der Waals surface area contributed by atoms with Crippen molar-refractivity contribution in [3.05, 3.63) is 117 Å². The number of rotatable bonds is 13. The van der Waals surface area contributed by atoms with Crippen LogP contribution in [-0.2, 0) is 16.4 Å². The summed E-state index contributed by atoms with van der Waals surface area (Å²) in [7, 11) is -0.709. The highest BCUT2D eigenvalue weighted by atomic mass is 35.5. The van der Waals surface area contributed by atoms with Crippen LogP contribution in [0, 0.1) is 21.4 Å². The number of fused-ring (bicyclic) bond motifs is 2. The Morgan fingerprint density at radius 3 is 2.60 bits per heavy atom. The van der Waals surface area contributed by atoms with Crippen molar-refractivity contribution >= 4 is 55.5 Å². The highest BCUT2D eigenvalue weighted by Crippen LogP contribution is 2.44. The molecule has 2 aliphatic heterocycles. The smallest absolute Gasteiger partial charge is 0.277 e. The number of halogens is 1. The standard InChI is InChI=1S/C46H52ClN7O7S/c1-46(2)14-11-33(40(26-46)31-5-7-34(47)8-6-31)28-52-17-19-53(20-18-52)35-9-10-38(43(23-35)61-36-22-32-12-15-48-44(32)49-27-36)45(55)50-62(58,59)37-24-41(54(56)57)39-21-30(13-16-51(3)4)29-60-42(39)25-37/h5-10,12,15,22-25,27,30H,11,13-14,16-21,26,28-29H2,1-4H3,(H,48,49)(H,50,55)/t30-/m1/s1. The van der Waals surface area contributed by atoms with Crippen LogP contribution in [-0.4, -0.2) is 99.0 Å². The van der Waals surface area contributed by atoms with Gasteiger partial charge in [0, 0.05) is 73.2 Å². The first-order chi connectivity index (χ1) is 29.6. The molecule has 326 valence electrons. The lowest BCUT2D eigenvalue weighted by atomic mass is 9.72. The maximum Gasteiger partial charge on any atom is 0.277 e. The minimum atomic E-state index is -4.61. The van der Waals surface area contributed by atoms with Gasteiger partial charge in [0.05, 0.1) is 33.7 Å². The second-order valence-corrected chi connectivity index (χ2v) is 19.8. The van der Waals surface area contributed by atoms with E-state index in [0.717, 1.165) is 87.1 Å². The Hall–Kier alpha value is -5.48. The lowest BCUT2D eigenvalue weighted by Gasteiger charge is -2.39. The van der Waals surface area contributed by atoms with E-state index in [1.807, 2.05) is 37.2 Å². The molecule has 1 amide bonds. The van der Waals surface area contributed by atoms with Crippen molar-refractivity contribution in [2.24, 2.45) is 11.3 Å². The number of nitrogens with zero attached hydrogens (tertiary/aromatic N) is 5. The topological polar surface area (TPSA) is 163 Å². The van der Waals surface area contributed by atoms with Gasteiger partial charge < -0.3 is 24.3 Å². The molecule has 62 heavy (non-hydrogen) atoms. The molecule has 0 radical (unpaired) electrons. The summed E-state index contributed by atoms with van der Waals surface area (Å²) >= 11 is 6.24. The van der Waals surface area contributed by atoms with E-state index < -0.39 is 25.7 Å². The van der Waals surface area contributed by atoms with Gasteiger partial charge in [-0.05, 0) is 112 Å². The number of aromatic nitrogens is 2. The molecular formula is C46H52ClN7O7S. The maximum atomic E-state index is 14.0. The average Bonchev–Trinajstić information content (AvgIpc) is 3.71. The van der Waals surface area contributed by atoms with Crippen molar-refractivity contribution in [2.45, 2.75) is 50.8 Å². The number of anilines is 1. The second-order valence-electron chi connectivity index (χ2n) is 17.6. The van der Waals surface area contributed by atoms with E-state index in [9.17, 15) is 23.3 Å². The highest BCUT2D eigenvalue weighted by molar-refractivity contribution is 7.90. The molecule has 3 aliphatic rings. The van der Waals surface area contributed by atoms with E-state index in [1.54, 1.807) is 30.5 Å². The van der Waals surface area contributed by atoms with Gasteiger partial charge in [-0.1, -0.05) is 43.2 Å². The van der Waals surface area contributed by atoms with Gasteiger partial charge in [0.1, 0.15) is 22.9 Å². The summed E-state index contributed by atoms with van der Waals surface area (Å²) in [4.78, 5) is 39.4. The number of aromatic amines is 1. The molecule has 14 nitrogen and oxygen atoms in total. The zero-order chi connectivity index (χ0) is 43.8. The molecular weight excluding hydrogens is 830 g/mol. The number of H-pyrrole nitrogens is 1. The van der Waals surface area contributed by atoms with Crippen LogP contribution in [0.15, 0.2) is 89.6 Å². The minimum absolute atomic E-state index is 0.0326. The summed E-state index contributed by atoms with van der Waals surface area (Å²) in [6.45, 7) is 9.70. The third-order valence-electron chi connectivity index (χ3n) is 12.2. The summed E-state index contributed by atoms with van der Waals surface area (Å²) in [5.41, 5.74) is 5.73. The lowest BCUT2D eigenvalue weighted by molar-refractivity contribution is -0.386. The Kier molecular flexibility index (Phi) is 12.3. The van der Waals surface area contributed by atoms with E-state index >= 15 is 0 Å². The number of carbonyl (C=O) groups is 1. The van der Waals surface area contributed by atoms with Crippen LogP contribution >= 0.6 is 11.6 Å². The Bertz CT molecular complexity index is 2640. The Balaban J connectivity index is 1.02. The van der Waals surface area contributed by atoms with E-state index in [4.69, 9.17) is 21.1 Å². The zero-order valence-corrected chi connectivity index (χ0v) is 37.0. The summed E-state index contributed by atoms with van der Waals surface area (Å²) < 4.78 is 42.1. The number of pyridine rings is 1. The number of carbonyl (C=O) groups excluding carboxylic acids is 1. The Labute approximate surface area is 367 Å². The molecule has 0 bridgehead atoms. The number of hydrogen-bond donors (Lipinski definition) is 2. The minimum Gasteiger partial charge on any atom is -0.493 e. The van der Waals surface area contributed by atoms with Gasteiger partial charge in [-0.25, -0.2) is 18.1 Å². The predicted octanol–water partition coefficient (Wildman–Crippen LogP) is 8.32. The van der Waals surface area contributed by atoms with Crippen molar-refractivity contribution in [3.63, 3.8) is 0 Å². The number of allylic oxidation sites excluding steroid dienone is 1. The van der Waals surface area contributed by atoms with Crippen molar-refractivity contribution < 1.29 is 27.6 Å². The maximum absolute atomic E-state index is 14.0. The number of ether oxygens (including phenoxy) is 2. The first-order valence-corrected chi connectivity index (χ1v) is 22.8. The van der Waals surface area contributed by atoms with Crippen molar-refractivity contribution in [1.82, 2.24) is 24.5 Å². The first kappa shape index (κ1) is 43.2. The quantitative estimate of drug-likeness (QED) is 0.0864. The SMILES string of the molecule is CN(C)CC[C@H]1COc2cc(S(=O)(=O)NC(=O)c3ccc(N4CCN(CC5=C(c6ccc(Cl)cc6)CC(C)(C)CC5)CC4)cc3Oc3cnc4[nH]ccc4c3)cc([N+](=O)[O-])c2C1. The first-order valence-electron chi connectivity index (χ1n) is 21.0. The van der Waals surface area contributed by atoms with E-state index in [-0.39, 0.29) is 34.1 Å². The van der Waals surface area contributed by atoms with Gasteiger partial charge in [-0.15, -0.1) is 0 Å². The van der Waals surface area contributed by atoms with Crippen LogP contribution in [0.2, 0.25) is 5.02 Å². The fraction of sp³-hybridized carbons (Fsp3) is 0.391. The molecule has 1 aliphatic carbocycles. The molecule has 2 N–H and O–H groups in total. The molecule has 3 aromatic carbocycles. The van der Waals surface area contributed by atoms with Crippen LogP contribution in [0.25, 0.3) is 16.6 Å². The molecule has 1 fully saturated rings. The van der Waals surface area contributed by atoms with Crippen molar-refractivity contribution in [1.29, 1.82) is 0 Å². The Morgan fingerprint density at radius 2 is 1.85 bits per heavy atom. The normalized spacial score (nSPS) is 18.1. The third kappa shape index (κ3) is 9.76. The third-order valence-corrected chi connectivity index (χ3v) is 13.8. The van der Waals surface area contributed by atoms with Gasteiger partial charge in [-0.3, -0.25) is 19.8 Å². The summed E-state index contributed by atoms with van der Waals surface area (Å²) in [5, 5.41) is 13.8. The number of nitro groups is 1. The van der Waals surface area contributed by atoms with Crippen LogP contribution in [0.3, 0.4) is 0 Å². The van der Waals surface area contributed by atoms with Crippen LogP contribution in [0.1, 0.15) is 61.0 Å². The molecule has 16 heteroatoms. The summed E-state index contributed by atoms with van der Waals surface area (Å²) in [6, 6.07) is 19.1. The van der Waals surface area contributed by atoms with E-state index in [0.29, 0.717) is 30.0 Å². The number of sulfonamides is 1. The van der Waals surface area contributed by atoms with Gasteiger partial charge in [0.25, 0.3) is 21.6 Å². The van der Waals surface area contributed by atoms with Gasteiger partial charge in [0.2, 0.25) is 0 Å². The molecule has 1 atom stereocenters. The number of hydrogen-bond acceptors (Lipinski definition) is 11. The van der Waals surface area contributed by atoms with E-state index in [2.05, 4.69) is 50.5 Å². The number of piperazine rings is 1. The van der Waals surface area contributed by atoms with Crippen LogP contribution in [0.5, 0.6) is 17.2 Å². The number of amides is 1. The fourth-order valence-corrected chi connectivity index (χ4v) is 9.78. The van der Waals surface area contributed by atoms with Crippen molar-refractivity contribution in [2.75, 3.05) is 64.9 Å². The summed E-state index contributed by atoms with van der Waals surface area (Å²) in [5.74, 6) is -0.332. The van der Waals surface area contributed by atoms with Gasteiger partial charge in [0.15, 0.2) is 0 Å². The number of benzene rings is 3. The van der Waals surface area contributed by atoms with Crippen molar-refractivity contribution in [3.8, 4) is 17.2 Å². The number of nitrogens with one attached hydrogen (secondary N) is 2. The molecule has 5 aromatic rings. The molecule has 8 rings (SSSR count). The zero-order valence-electron chi connectivity index (χ0n) is 35.4. The second kappa shape index (κ2) is 17.7. The molecule has 0 saturated carbocycles. The highest BCUT2D eigenvalue weighted by Gasteiger charge is 2.33. The molecule has 0 spiro atoms. The molecule has 0 unspecified atom stereocenters. The fourth-order valence-electron chi connectivity index (χ4n) is 8.66. The van der Waals surface area contributed by atoms with Gasteiger partial charge >= 0.3 is 0 Å². The van der Waals surface area contributed by atoms with Crippen LogP contribution in [0.4, 0.5) is 11.4 Å². The average molecular weight is 882 g/mol. The monoisotopic (exact) mass is 881 g/mol. The largest absolute Gasteiger partial charge is 0.493 e. The van der Waals surface area contributed by atoms with E-state index in [1.165, 1.54) is 29.0 Å². The molecule has 2 aromatic heterocycles. The lowest BCUT2D eigenvalue weighted by Crippen LogP contribution is -2.47. The molecule has 1 saturated heterocycles. The molecule has 4 heterocycles. The summed E-state index contributed by atoms with van der Waals surface area (Å²) in [6.07, 6.45) is 7.62. The Morgan fingerprint density at radius 1 is 1.08 bits per heavy atom. The predicted molar refractivity (Wildman–Crippen MR) is 241 cm³/mol. The number of nitro benzene ring substituents is 1. The van der Waals surface area contributed by atoms with Gasteiger partial charge in [-0.2, -0.15) is 0 Å².